The largest absolute Gasteiger partial charge is 0.500 e. The Morgan fingerprint density at radius 3 is 1.27 bits per heavy atom. The lowest BCUT2D eigenvalue weighted by Gasteiger charge is -2.27. The van der Waals surface area contributed by atoms with Crippen molar-refractivity contribution in [3.05, 3.63) is 0 Å². The summed E-state index contributed by atoms with van der Waals surface area (Å²) in [4.78, 5) is 0. The van der Waals surface area contributed by atoms with Gasteiger partial charge in [-0.3, -0.25) is 0 Å². The Hall–Kier alpha value is 0.194. The van der Waals surface area contributed by atoms with Crippen molar-refractivity contribution in [3.8, 4) is 0 Å². The van der Waals surface area contributed by atoms with Crippen molar-refractivity contribution >= 4 is 17.6 Å². The highest BCUT2D eigenvalue weighted by molar-refractivity contribution is 6.61. The van der Waals surface area contributed by atoms with Crippen molar-refractivity contribution in [3.63, 3.8) is 0 Å². The molecule has 8 heteroatoms. The molecule has 0 rings (SSSR count). The molecule has 0 heterocycles. The molecule has 0 aromatic carbocycles. The zero-order valence-electron chi connectivity index (χ0n) is 18.5. The van der Waals surface area contributed by atoms with Gasteiger partial charge in [0.1, 0.15) is 0 Å². The van der Waals surface area contributed by atoms with Crippen molar-refractivity contribution < 1.29 is 26.6 Å². The van der Waals surface area contributed by atoms with Crippen LogP contribution in [0.1, 0.15) is 66.7 Å². The Bertz CT molecular complexity index is 253. The van der Waals surface area contributed by atoms with Crippen molar-refractivity contribution in [2.75, 3.05) is 41.2 Å². The lowest BCUT2D eigenvalue weighted by atomic mass is 10.2. The van der Waals surface area contributed by atoms with Crippen LogP contribution in [-0.2, 0) is 26.6 Å². The van der Waals surface area contributed by atoms with E-state index in [9.17, 15) is 0 Å². The van der Waals surface area contributed by atoms with Crippen LogP contribution in [0.15, 0.2) is 0 Å². The van der Waals surface area contributed by atoms with Crippen LogP contribution in [0.25, 0.3) is 0 Å². The van der Waals surface area contributed by atoms with E-state index in [1.807, 2.05) is 20.8 Å². The fourth-order valence-corrected chi connectivity index (χ4v) is 7.04. The predicted molar refractivity (Wildman–Crippen MR) is 111 cm³/mol. The molecular weight excluding hydrogens is 368 g/mol. The average Bonchev–Trinajstić information content (AvgIpc) is 2.64. The molecular formula is C18H44O6Si2. The van der Waals surface area contributed by atoms with Gasteiger partial charge in [0.2, 0.25) is 0 Å². The summed E-state index contributed by atoms with van der Waals surface area (Å²) in [6.45, 7) is 12.3. The molecule has 0 radical (unpaired) electrons. The standard InChI is InChI=1S/2C9H22O3Si/c1-5-6-7-8-9-13(10-2,11-3)12-4;1-5-9-13(10-6-2,11-7-3)12-8-4/h2*5-9H2,1-4H3. The third kappa shape index (κ3) is 12.6. The molecule has 0 spiro atoms. The Labute approximate surface area is 164 Å². The maximum atomic E-state index is 5.65. The number of hydrogen-bond acceptors (Lipinski definition) is 6. The summed E-state index contributed by atoms with van der Waals surface area (Å²) in [6, 6.07) is 1.85. The number of unbranched alkanes of at least 4 members (excludes halogenated alkanes) is 3. The van der Waals surface area contributed by atoms with E-state index in [2.05, 4.69) is 13.8 Å². The van der Waals surface area contributed by atoms with Crippen LogP contribution >= 0.6 is 0 Å². The SMILES string of the molecule is CCCCCC[Si](OC)(OC)OC.CCC[Si](OCC)(OCC)OCC. The molecule has 0 amide bonds. The fraction of sp³-hybridized carbons (Fsp3) is 1.00. The molecule has 0 atom stereocenters. The summed E-state index contributed by atoms with van der Waals surface area (Å²) in [7, 11) is 0.434. The van der Waals surface area contributed by atoms with Gasteiger partial charge in [-0.05, 0) is 27.2 Å². The van der Waals surface area contributed by atoms with Gasteiger partial charge in [-0.1, -0.05) is 39.5 Å². The fourth-order valence-electron chi connectivity index (χ4n) is 2.63. The molecule has 0 aromatic rings. The average molecular weight is 413 g/mol. The van der Waals surface area contributed by atoms with E-state index in [0.29, 0.717) is 19.8 Å². The third-order valence-corrected chi connectivity index (χ3v) is 10.0. The zero-order chi connectivity index (χ0) is 20.3. The van der Waals surface area contributed by atoms with E-state index in [-0.39, 0.29) is 0 Å². The van der Waals surface area contributed by atoms with E-state index < -0.39 is 17.6 Å². The Balaban J connectivity index is 0. The molecule has 0 saturated heterocycles. The van der Waals surface area contributed by atoms with E-state index >= 15 is 0 Å². The van der Waals surface area contributed by atoms with Crippen LogP contribution in [0, 0.1) is 0 Å². The Kier molecular flexibility index (Phi) is 20.3. The van der Waals surface area contributed by atoms with Crippen molar-refractivity contribution in [1.82, 2.24) is 0 Å². The molecule has 6 nitrogen and oxygen atoms in total. The van der Waals surface area contributed by atoms with Gasteiger partial charge in [0, 0.05) is 53.2 Å². The quantitative estimate of drug-likeness (QED) is 0.266. The van der Waals surface area contributed by atoms with Crippen LogP contribution < -0.4 is 0 Å². The van der Waals surface area contributed by atoms with Gasteiger partial charge in [0.15, 0.2) is 0 Å². The second-order valence-corrected chi connectivity index (χ2v) is 11.7. The molecule has 0 N–H and O–H groups in total. The van der Waals surface area contributed by atoms with Gasteiger partial charge < -0.3 is 26.6 Å². The van der Waals surface area contributed by atoms with Crippen LogP contribution in [0.3, 0.4) is 0 Å². The summed E-state index contributed by atoms with van der Waals surface area (Å²) in [5, 5.41) is 0. The molecule has 0 unspecified atom stereocenters. The van der Waals surface area contributed by atoms with Gasteiger partial charge in [0.25, 0.3) is 0 Å². The van der Waals surface area contributed by atoms with Gasteiger partial charge in [-0.25, -0.2) is 0 Å². The molecule has 0 aromatic heterocycles. The zero-order valence-corrected chi connectivity index (χ0v) is 20.5. The first kappa shape index (κ1) is 28.4. The van der Waals surface area contributed by atoms with E-state index in [1.54, 1.807) is 21.3 Å². The summed E-state index contributed by atoms with van der Waals surface area (Å²) >= 11 is 0. The Morgan fingerprint density at radius 2 is 0.962 bits per heavy atom. The molecule has 26 heavy (non-hydrogen) atoms. The first-order valence-corrected chi connectivity index (χ1v) is 13.9. The normalized spacial score (nSPS) is 12.0. The topological polar surface area (TPSA) is 55.4 Å². The van der Waals surface area contributed by atoms with Crippen molar-refractivity contribution in [2.24, 2.45) is 0 Å². The minimum Gasteiger partial charge on any atom is -0.377 e. The van der Waals surface area contributed by atoms with Crippen LogP contribution in [-0.4, -0.2) is 58.8 Å². The minimum absolute atomic E-state index is 0.673. The van der Waals surface area contributed by atoms with Gasteiger partial charge in [-0.15, -0.1) is 0 Å². The Morgan fingerprint density at radius 1 is 0.500 bits per heavy atom. The van der Waals surface area contributed by atoms with Gasteiger partial charge in [0.05, 0.1) is 0 Å². The van der Waals surface area contributed by atoms with E-state index in [1.165, 1.54) is 19.3 Å². The van der Waals surface area contributed by atoms with Gasteiger partial charge >= 0.3 is 17.6 Å². The summed E-state index contributed by atoms with van der Waals surface area (Å²) in [5.74, 6) is 0. The second-order valence-electron chi connectivity index (χ2n) is 5.84. The minimum atomic E-state index is -2.30. The molecule has 160 valence electrons. The van der Waals surface area contributed by atoms with E-state index in [0.717, 1.165) is 24.9 Å². The molecule has 0 aliphatic rings. The lowest BCUT2D eigenvalue weighted by Crippen LogP contribution is -2.45. The highest BCUT2D eigenvalue weighted by Crippen LogP contribution is 2.18. The smallest absolute Gasteiger partial charge is 0.377 e. The summed E-state index contributed by atoms with van der Waals surface area (Å²) in [5.41, 5.74) is 0. The lowest BCUT2D eigenvalue weighted by molar-refractivity contribution is 0.0711. The molecule has 0 aliphatic carbocycles. The van der Waals surface area contributed by atoms with Crippen molar-refractivity contribution in [1.29, 1.82) is 0 Å². The van der Waals surface area contributed by atoms with Crippen LogP contribution in [0.4, 0.5) is 0 Å². The van der Waals surface area contributed by atoms with Crippen LogP contribution in [0.2, 0.25) is 12.1 Å². The molecule has 0 fully saturated rings. The number of rotatable bonds is 16. The first-order valence-electron chi connectivity index (χ1n) is 10.1. The van der Waals surface area contributed by atoms with Crippen molar-refractivity contribution in [2.45, 2.75) is 78.8 Å². The second kappa shape index (κ2) is 18.6. The first-order chi connectivity index (χ1) is 12.5. The van der Waals surface area contributed by atoms with E-state index in [4.69, 9.17) is 26.6 Å². The summed E-state index contributed by atoms with van der Waals surface area (Å²) < 4.78 is 32.9. The molecule has 0 bridgehead atoms. The highest BCUT2D eigenvalue weighted by atomic mass is 28.4. The summed E-state index contributed by atoms with van der Waals surface area (Å²) in [6.07, 6.45) is 5.95. The number of hydrogen-bond donors (Lipinski definition) is 0. The predicted octanol–water partition coefficient (Wildman–Crippen LogP) is 4.89. The van der Waals surface area contributed by atoms with Gasteiger partial charge in [-0.2, -0.15) is 0 Å². The molecule has 0 aliphatic heterocycles. The monoisotopic (exact) mass is 412 g/mol. The maximum absolute atomic E-state index is 5.65. The molecule has 0 saturated carbocycles. The third-order valence-electron chi connectivity index (χ3n) is 3.92. The van der Waals surface area contributed by atoms with Crippen LogP contribution in [0.5, 0.6) is 0 Å². The maximum Gasteiger partial charge on any atom is 0.500 e. The highest BCUT2D eigenvalue weighted by Gasteiger charge is 2.39.